The van der Waals surface area contributed by atoms with E-state index in [0.717, 1.165) is 19.4 Å². The van der Waals surface area contributed by atoms with E-state index in [1.54, 1.807) is 12.1 Å². The number of phenolic OH excluding ortho intramolecular Hbond substituents is 1. The van der Waals surface area contributed by atoms with Crippen LogP contribution in [-0.2, 0) is 54.8 Å². The fourth-order valence-corrected chi connectivity index (χ4v) is 7.51. The summed E-state index contributed by atoms with van der Waals surface area (Å²) in [5, 5.41) is 32.8. The summed E-state index contributed by atoms with van der Waals surface area (Å²) >= 11 is 0. The maximum atomic E-state index is 13.8. The summed E-state index contributed by atoms with van der Waals surface area (Å²) in [5.41, 5.74) is -0.906. The first-order chi connectivity index (χ1) is 22.3. The number of benzene rings is 2. The molecule has 0 saturated carbocycles. The quantitative estimate of drug-likeness (QED) is 0.260. The van der Waals surface area contributed by atoms with E-state index in [1.807, 2.05) is 7.05 Å². The summed E-state index contributed by atoms with van der Waals surface area (Å²) in [6.45, 7) is 2.44. The fraction of sp³-hybridized carbons (Fsp3) is 0.424. The topological polar surface area (TPSA) is 195 Å². The number of carboxylic acid groups (broad SMARTS) is 1. The number of ether oxygens (including phenoxy) is 5. The third kappa shape index (κ3) is 5.08. The first-order valence-corrected chi connectivity index (χ1v) is 15.0. The van der Waals surface area contributed by atoms with Gasteiger partial charge in [0, 0.05) is 37.4 Å². The van der Waals surface area contributed by atoms with Gasteiger partial charge in [0.1, 0.15) is 5.76 Å². The summed E-state index contributed by atoms with van der Waals surface area (Å²) < 4.78 is 27.4. The van der Waals surface area contributed by atoms with Gasteiger partial charge in [0.15, 0.2) is 17.6 Å². The number of hydrogen-bond donors (Lipinski definition) is 3. The van der Waals surface area contributed by atoms with Crippen LogP contribution >= 0.6 is 0 Å². The lowest BCUT2D eigenvalue weighted by atomic mass is 9.50. The zero-order chi connectivity index (χ0) is 33.8. The number of nitrogens with zero attached hydrogens (tertiary/aromatic N) is 1. The maximum absolute atomic E-state index is 13.8. The Balaban J connectivity index is 1.34. The van der Waals surface area contributed by atoms with Gasteiger partial charge in [-0.2, -0.15) is 0 Å². The predicted molar refractivity (Wildman–Crippen MR) is 157 cm³/mol. The van der Waals surface area contributed by atoms with Gasteiger partial charge in [0.25, 0.3) is 0 Å². The number of likely N-dealkylation sites (tertiary alicyclic amines) is 1. The Labute approximate surface area is 268 Å². The second-order valence-electron chi connectivity index (χ2n) is 12.1. The van der Waals surface area contributed by atoms with E-state index >= 15 is 0 Å². The van der Waals surface area contributed by atoms with E-state index < -0.39 is 65.3 Å². The molecule has 47 heavy (non-hydrogen) atoms. The third-order valence-corrected chi connectivity index (χ3v) is 9.46. The van der Waals surface area contributed by atoms with Crippen molar-refractivity contribution in [1.29, 1.82) is 0 Å². The summed E-state index contributed by atoms with van der Waals surface area (Å²) in [4.78, 5) is 65.5. The number of carboxylic acids is 1. The third-order valence-electron chi connectivity index (χ3n) is 9.46. The molecule has 2 heterocycles. The number of aliphatic hydroxyl groups is 1. The molecule has 0 amide bonds. The molecule has 1 spiro atoms. The standard InChI is InChI=1S/C33H33NO13/c1-16(35)43-26(27(44-17(2)36)31(41)47-24(29(38)39)18-7-5-4-6-8-18)30(40)45-21-11-12-33(42)22-15-19-9-10-20(37)25-23(19)32(33,28(21)46-25)13-14-34(22)3/h4-11,22,24,26-28,37,42H,12-15H2,1-3H3,(H,38,39)/t22-,24-,26+,27+,28-,32-,33+/m0/s1. The second-order valence-corrected chi connectivity index (χ2v) is 12.1. The first kappa shape index (κ1) is 32.0. The summed E-state index contributed by atoms with van der Waals surface area (Å²) in [7, 11) is 1.91. The highest BCUT2D eigenvalue weighted by Crippen LogP contribution is 2.65. The van der Waals surface area contributed by atoms with Crippen molar-refractivity contribution >= 4 is 29.8 Å². The Kier molecular flexibility index (Phi) is 7.96. The molecular formula is C33H33NO13. The first-order valence-electron chi connectivity index (χ1n) is 15.0. The van der Waals surface area contributed by atoms with Gasteiger partial charge in [-0.3, -0.25) is 9.59 Å². The van der Waals surface area contributed by atoms with Gasteiger partial charge in [0.2, 0.25) is 18.3 Å². The average molecular weight is 652 g/mol. The van der Waals surface area contributed by atoms with Crippen LogP contribution in [0, 0.1) is 0 Å². The number of piperidine rings is 1. The molecule has 2 bridgehead atoms. The van der Waals surface area contributed by atoms with Gasteiger partial charge in [-0.25, -0.2) is 14.4 Å². The van der Waals surface area contributed by atoms with Crippen LogP contribution in [-0.4, -0.2) is 93.6 Å². The molecule has 1 fully saturated rings. The molecule has 0 aromatic heterocycles. The van der Waals surface area contributed by atoms with Crippen LogP contribution in [0.25, 0.3) is 0 Å². The molecule has 2 aliphatic heterocycles. The number of phenols is 1. The maximum Gasteiger partial charge on any atom is 0.357 e. The Morgan fingerprint density at radius 2 is 1.62 bits per heavy atom. The molecule has 3 N–H and O–H groups in total. The van der Waals surface area contributed by atoms with Crippen LogP contribution in [0.15, 0.2) is 54.3 Å². The van der Waals surface area contributed by atoms with E-state index in [4.69, 9.17) is 23.7 Å². The highest BCUT2D eigenvalue weighted by Gasteiger charge is 2.72. The minimum Gasteiger partial charge on any atom is -0.504 e. The zero-order valence-electron chi connectivity index (χ0n) is 25.7. The minimum atomic E-state index is -2.26. The van der Waals surface area contributed by atoms with Crippen molar-refractivity contribution in [3.05, 3.63) is 71.0 Å². The summed E-state index contributed by atoms with van der Waals surface area (Å²) in [6, 6.07) is 10.4. The number of likely N-dealkylation sites (N-methyl/N-ethyl adjacent to an activating group) is 1. The van der Waals surface area contributed by atoms with Crippen molar-refractivity contribution in [1.82, 2.24) is 4.90 Å². The Morgan fingerprint density at radius 1 is 0.957 bits per heavy atom. The lowest BCUT2D eigenvalue weighted by Crippen LogP contribution is -2.74. The van der Waals surface area contributed by atoms with E-state index in [1.165, 1.54) is 36.4 Å². The number of rotatable bonds is 9. The summed E-state index contributed by atoms with van der Waals surface area (Å²) in [6.07, 6.45) is -5.06. The molecular weight excluding hydrogens is 618 g/mol. The molecule has 14 nitrogen and oxygen atoms in total. The molecule has 0 unspecified atom stereocenters. The molecule has 2 aromatic carbocycles. The van der Waals surface area contributed by atoms with Crippen molar-refractivity contribution in [3.63, 3.8) is 0 Å². The highest BCUT2D eigenvalue weighted by molar-refractivity contribution is 5.90. The minimum absolute atomic E-state index is 0.0318. The van der Waals surface area contributed by atoms with E-state index in [2.05, 4.69) is 4.90 Å². The fourth-order valence-electron chi connectivity index (χ4n) is 7.51. The van der Waals surface area contributed by atoms with Crippen molar-refractivity contribution < 1.29 is 63.0 Å². The summed E-state index contributed by atoms with van der Waals surface area (Å²) in [5.74, 6) is -6.59. The Bertz CT molecular complexity index is 1690. The highest BCUT2D eigenvalue weighted by atomic mass is 16.6. The van der Waals surface area contributed by atoms with Crippen molar-refractivity contribution in [2.45, 2.75) is 74.6 Å². The molecule has 0 radical (unpaired) electrons. The molecule has 1 saturated heterocycles. The van der Waals surface area contributed by atoms with Crippen molar-refractivity contribution in [2.24, 2.45) is 0 Å². The monoisotopic (exact) mass is 651 g/mol. The van der Waals surface area contributed by atoms with Gasteiger partial charge < -0.3 is 43.9 Å². The van der Waals surface area contributed by atoms with Crippen LogP contribution in [0.4, 0.5) is 0 Å². The van der Waals surface area contributed by atoms with E-state index in [0.29, 0.717) is 24.9 Å². The predicted octanol–water partition coefficient (Wildman–Crippen LogP) is 1.45. The Morgan fingerprint density at radius 3 is 2.26 bits per heavy atom. The van der Waals surface area contributed by atoms with Crippen LogP contribution < -0.4 is 4.74 Å². The molecule has 2 aliphatic carbocycles. The average Bonchev–Trinajstić information content (AvgIpc) is 3.38. The van der Waals surface area contributed by atoms with Crippen LogP contribution in [0.2, 0.25) is 0 Å². The molecule has 4 aliphatic rings. The van der Waals surface area contributed by atoms with Crippen LogP contribution in [0.1, 0.15) is 49.5 Å². The zero-order valence-corrected chi connectivity index (χ0v) is 25.7. The van der Waals surface area contributed by atoms with Crippen LogP contribution in [0.3, 0.4) is 0 Å². The number of aliphatic carboxylic acids is 1. The van der Waals surface area contributed by atoms with Gasteiger partial charge >= 0.3 is 29.8 Å². The van der Waals surface area contributed by atoms with Crippen molar-refractivity contribution in [2.75, 3.05) is 13.6 Å². The normalized spacial score (nSPS) is 27.1. The molecule has 14 heteroatoms. The van der Waals surface area contributed by atoms with Crippen LogP contribution in [0.5, 0.6) is 11.5 Å². The van der Waals surface area contributed by atoms with Crippen molar-refractivity contribution in [3.8, 4) is 11.5 Å². The Hall–Kier alpha value is -4.95. The number of hydrogen-bond acceptors (Lipinski definition) is 13. The van der Waals surface area contributed by atoms with E-state index in [-0.39, 0.29) is 35.3 Å². The molecule has 6 rings (SSSR count). The smallest absolute Gasteiger partial charge is 0.357 e. The largest absolute Gasteiger partial charge is 0.504 e. The van der Waals surface area contributed by atoms with Gasteiger partial charge in [-0.15, -0.1) is 0 Å². The van der Waals surface area contributed by atoms with Gasteiger partial charge in [-0.1, -0.05) is 36.4 Å². The SMILES string of the molecule is CC(=O)O[C@@H](C(=O)OC1=CC[C@@]2(O)[C@@H]3Cc4ccc(O)c5c4[C@@]2(CCN3C)[C@H]1O5)[C@@H](OC(C)=O)C(=O)O[C@H](C(=O)O)c1ccccc1. The lowest BCUT2D eigenvalue weighted by Gasteiger charge is -2.61. The molecule has 2 aromatic rings. The number of esters is 4. The number of carbonyl (C=O) groups excluding carboxylic acids is 4. The van der Waals surface area contributed by atoms with E-state index in [9.17, 15) is 39.3 Å². The van der Waals surface area contributed by atoms with Gasteiger partial charge in [-0.05, 0) is 44.1 Å². The number of carbonyl (C=O) groups is 5. The number of aromatic hydroxyl groups is 1. The lowest BCUT2D eigenvalue weighted by molar-refractivity contribution is -0.195. The molecule has 7 atom stereocenters. The van der Waals surface area contributed by atoms with Gasteiger partial charge in [0.05, 0.1) is 11.0 Å². The second kappa shape index (κ2) is 11.7. The molecule has 248 valence electrons.